The first kappa shape index (κ1) is 26.1. The lowest BCUT2D eigenvalue weighted by Gasteiger charge is -2.30. The third kappa shape index (κ3) is 5.66. The van der Waals surface area contributed by atoms with Gasteiger partial charge in [0.1, 0.15) is 11.8 Å². The molecule has 0 unspecified atom stereocenters. The van der Waals surface area contributed by atoms with Crippen LogP contribution in [-0.4, -0.2) is 63.0 Å². The maximum Gasteiger partial charge on any atom is 0.253 e. The minimum atomic E-state index is -0.650. The summed E-state index contributed by atoms with van der Waals surface area (Å²) in [7, 11) is 4.74. The van der Waals surface area contributed by atoms with Crippen LogP contribution in [0.2, 0.25) is 0 Å². The zero-order valence-corrected chi connectivity index (χ0v) is 21.9. The molecule has 12 nitrogen and oxygen atoms in total. The molecule has 0 saturated carbocycles. The van der Waals surface area contributed by atoms with E-state index in [1.807, 2.05) is 36.4 Å². The van der Waals surface area contributed by atoms with E-state index in [-0.39, 0.29) is 5.56 Å². The molecular weight excluding hydrogens is 502 g/mol. The first-order valence-corrected chi connectivity index (χ1v) is 12.3. The Balaban J connectivity index is 1.70. The highest BCUT2D eigenvalue weighted by Crippen LogP contribution is 2.34. The van der Waals surface area contributed by atoms with Crippen molar-refractivity contribution in [2.45, 2.75) is 25.7 Å². The number of fused-ring (bicyclic) bond motifs is 1. The predicted molar refractivity (Wildman–Crippen MR) is 141 cm³/mol. The van der Waals surface area contributed by atoms with Crippen LogP contribution in [0.1, 0.15) is 28.8 Å². The summed E-state index contributed by atoms with van der Waals surface area (Å²) in [6.07, 6.45) is 5.14. The Morgan fingerprint density at radius 2 is 1.92 bits per heavy atom. The summed E-state index contributed by atoms with van der Waals surface area (Å²) in [4.78, 5) is 23.1. The molecule has 1 atom stereocenters. The lowest BCUT2D eigenvalue weighted by Crippen LogP contribution is -2.35. The molecule has 0 saturated heterocycles. The van der Waals surface area contributed by atoms with Crippen molar-refractivity contribution < 1.29 is 18.6 Å². The standard InChI is InChI=1S/C27H29N7O5/c1-36-11-9-34-26(30-31-32-34)25(33(17-20-7-5-10-39-20)16-18-6-4-8-28-15-18)21-12-19-13-23(37-2)24(38-3)14-22(19)29-27(21)35/h4-8,10,12-15,25H,9,11,16-17H2,1-3H3,(H,29,35)/t25-/m0/s1. The molecule has 5 aromatic rings. The van der Waals surface area contributed by atoms with E-state index in [1.165, 1.54) is 0 Å². The summed E-state index contributed by atoms with van der Waals surface area (Å²) in [6, 6.07) is 12.3. The zero-order chi connectivity index (χ0) is 27.2. The van der Waals surface area contributed by atoms with Crippen molar-refractivity contribution in [2.24, 2.45) is 0 Å². The Morgan fingerprint density at radius 1 is 1.08 bits per heavy atom. The van der Waals surface area contributed by atoms with Gasteiger partial charge in [0.05, 0.1) is 45.7 Å². The molecule has 1 aromatic carbocycles. The van der Waals surface area contributed by atoms with E-state index in [0.29, 0.717) is 54.6 Å². The van der Waals surface area contributed by atoms with Crippen molar-refractivity contribution in [2.75, 3.05) is 27.9 Å². The van der Waals surface area contributed by atoms with Crippen molar-refractivity contribution in [3.8, 4) is 11.5 Å². The summed E-state index contributed by atoms with van der Waals surface area (Å²) in [6.45, 7) is 1.64. The number of benzene rings is 1. The van der Waals surface area contributed by atoms with E-state index in [4.69, 9.17) is 18.6 Å². The molecule has 4 heterocycles. The number of hydrogen-bond donors (Lipinski definition) is 1. The summed E-state index contributed by atoms with van der Waals surface area (Å²) >= 11 is 0. The lowest BCUT2D eigenvalue weighted by atomic mass is 10.0. The molecule has 1 N–H and O–H groups in total. The second-order valence-electron chi connectivity index (χ2n) is 8.85. The number of H-pyrrole nitrogens is 1. The van der Waals surface area contributed by atoms with Gasteiger partial charge in [-0.2, -0.15) is 0 Å². The first-order valence-electron chi connectivity index (χ1n) is 12.3. The van der Waals surface area contributed by atoms with Gasteiger partial charge in [0.15, 0.2) is 17.3 Å². The third-order valence-corrected chi connectivity index (χ3v) is 6.40. The van der Waals surface area contributed by atoms with Gasteiger partial charge in [0.25, 0.3) is 5.56 Å². The van der Waals surface area contributed by atoms with Crippen molar-refractivity contribution in [3.63, 3.8) is 0 Å². The number of furan rings is 1. The Morgan fingerprint density at radius 3 is 2.64 bits per heavy atom. The molecule has 5 rings (SSSR count). The fraction of sp³-hybridized carbons (Fsp3) is 0.296. The minimum absolute atomic E-state index is 0.281. The van der Waals surface area contributed by atoms with Gasteiger partial charge in [0, 0.05) is 43.1 Å². The van der Waals surface area contributed by atoms with Crippen molar-refractivity contribution in [1.29, 1.82) is 0 Å². The summed E-state index contributed by atoms with van der Waals surface area (Å²) in [5, 5.41) is 13.3. The molecule has 12 heteroatoms. The van der Waals surface area contributed by atoms with Crippen LogP contribution in [0.4, 0.5) is 0 Å². The summed E-state index contributed by atoms with van der Waals surface area (Å²) in [5.41, 5.74) is 1.74. The smallest absolute Gasteiger partial charge is 0.253 e. The number of nitrogens with one attached hydrogen (secondary N) is 1. The molecule has 202 valence electrons. The van der Waals surface area contributed by atoms with Gasteiger partial charge in [-0.05, 0) is 46.3 Å². The van der Waals surface area contributed by atoms with E-state index in [1.54, 1.807) is 50.7 Å². The van der Waals surface area contributed by atoms with Gasteiger partial charge in [-0.25, -0.2) is 4.68 Å². The van der Waals surface area contributed by atoms with Gasteiger partial charge < -0.3 is 23.6 Å². The fourth-order valence-corrected chi connectivity index (χ4v) is 4.56. The number of tetrazole rings is 1. The molecule has 0 spiro atoms. The molecule has 0 aliphatic rings. The summed E-state index contributed by atoms with van der Waals surface area (Å²) < 4.78 is 23.6. The second kappa shape index (κ2) is 11.9. The Labute approximate surface area is 224 Å². The van der Waals surface area contributed by atoms with Crippen LogP contribution in [-0.2, 0) is 24.4 Å². The first-order chi connectivity index (χ1) is 19.1. The topological polar surface area (TPSA) is 133 Å². The predicted octanol–water partition coefficient (Wildman–Crippen LogP) is 2.96. The van der Waals surface area contributed by atoms with Crippen LogP contribution in [0.5, 0.6) is 11.5 Å². The Hall–Kier alpha value is -4.55. The van der Waals surface area contributed by atoms with E-state index >= 15 is 0 Å². The van der Waals surface area contributed by atoms with E-state index in [2.05, 4.69) is 30.4 Å². The number of pyridine rings is 2. The Bertz CT molecular complexity index is 1570. The van der Waals surface area contributed by atoms with Crippen molar-refractivity contribution in [1.82, 2.24) is 35.1 Å². The van der Waals surface area contributed by atoms with E-state index in [0.717, 1.165) is 16.7 Å². The SMILES string of the molecule is COCCn1nnnc1[C@H](c1cc2cc(OC)c(OC)cc2[nH]c1=O)N(Cc1cccnc1)Cc1ccco1. The van der Waals surface area contributed by atoms with Crippen LogP contribution in [0.3, 0.4) is 0 Å². The average Bonchev–Trinajstić information content (AvgIpc) is 3.64. The minimum Gasteiger partial charge on any atom is -0.493 e. The molecule has 0 aliphatic carbocycles. The lowest BCUT2D eigenvalue weighted by molar-refractivity contribution is 0.163. The van der Waals surface area contributed by atoms with E-state index < -0.39 is 6.04 Å². The molecule has 0 aliphatic heterocycles. The molecule has 0 fully saturated rings. The highest BCUT2D eigenvalue weighted by Gasteiger charge is 2.31. The molecule has 0 bridgehead atoms. The Kier molecular flexibility index (Phi) is 7.94. The van der Waals surface area contributed by atoms with Crippen LogP contribution in [0.25, 0.3) is 10.9 Å². The number of nitrogens with zero attached hydrogens (tertiary/aromatic N) is 6. The summed E-state index contributed by atoms with van der Waals surface area (Å²) in [5.74, 6) is 2.29. The molecular formula is C27H29N7O5. The number of hydrogen-bond acceptors (Lipinski definition) is 10. The van der Waals surface area contributed by atoms with Gasteiger partial charge >= 0.3 is 0 Å². The van der Waals surface area contributed by atoms with Crippen LogP contribution in [0, 0.1) is 0 Å². The molecule has 0 radical (unpaired) electrons. The average molecular weight is 532 g/mol. The number of methoxy groups -OCH3 is 3. The van der Waals surface area contributed by atoms with Crippen molar-refractivity contribution >= 4 is 10.9 Å². The monoisotopic (exact) mass is 531 g/mol. The van der Waals surface area contributed by atoms with E-state index in [9.17, 15) is 4.79 Å². The number of aromatic nitrogens is 6. The van der Waals surface area contributed by atoms with Crippen LogP contribution < -0.4 is 15.0 Å². The molecule has 0 amide bonds. The number of ether oxygens (including phenoxy) is 3. The maximum atomic E-state index is 13.7. The van der Waals surface area contributed by atoms with Crippen molar-refractivity contribution in [3.05, 3.63) is 94.2 Å². The highest BCUT2D eigenvalue weighted by atomic mass is 16.5. The van der Waals surface area contributed by atoms with Gasteiger partial charge in [-0.1, -0.05) is 6.07 Å². The van der Waals surface area contributed by atoms with Crippen LogP contribution >= 0.6 is 0 Å². The molecule has 39 heavy (non-hydrogen) atoms. The zero-order valence-electron chi connectivity index (χ0n) is 21.9. The van der Waals surface area contributed by atoms with Gasteiger partial charge in [0.2, 0.25) is 0 Å². The quantitative estimate of drug-likeness (QED) is 0.256. The largest absolute Gasteiger partial charge is 0.493 e. The fourth-order valence-electron chi connectivity index (χ4n) is 4.56. The third-order valence-electron chi connectivity index (χ3n) is 6.40. The molecule has 4 aromatic heterocycles. The maximum absolute atomic E-state index is 13.7. The second-order valence-corrected chi connectivity index (χ2v) is 8.85. The normalized spacial score (nSPS) is 12.2. The number of rotatable bonds is 12. The van der Waals surface area contributed by atoms with Gasteiger partial charge in [-0.15, -0.1) is 5.10 Å². The van der Waals surface area contributed by atoms with Crippen LogP contribution in [0.15, 0.2) is 70.3 Å². The highest BCUT2D eigenvalue weighted by molar-refractivity contribution is 5.83. The van der Waals surface area contributed by atoms with Gasteiger partial charge in [-0.3, -0.25) is 14.7 Å². The number of aromatic amines is 1.